The van der Waals surface area contributed by atoms with Crippen molar-refractivity contribution < 1.29 is 0 Å². The van der Waals surface area contributed by atoms with Crippen molar-refractivity contribution in [2.45, 2.75) is 13.1 Å². The van der Waals surface area contributed by atoms with E-state index in [1.165, 1.54) is 11.6 Å². The van der Waals surface area contributed by atoms with Gasteiger partial charge < -0.3 is 0 Å². The van der Waals surface area contributed by atoms with Crippen molar-refractivity contribution in [2.75, 3.05) is 5.01 Å². The quantitative estimate of drug-likeness (QED) is 0.526. The maximum Gasteiger partial charge on any atom is 0.332 e. The Morgan fingerprint density at radius 1 is 0.900 bits per heavy atom. The van der Waals surface area contributed by atoms with Crippen LogP contribution in [0.15, 0.2) is 75.4 Å². The third-order valence-electron chi connectivity index (χ3n) is 5.39. The second-order valence-electron chi connectivity index (χ2n) is 7.33. The van der Waals surface area contributed by atoms with E-state index in [9.17, 15) is 9.59 Å². The first-order valence-electron chi connectivity index (χ1n) is 9.65. The summed E-state index contributed by atoms with van der Waals surface area (Å²) in [4.78, 5) is 30.0. The summed E-state index contributed by atoms with van der Waals surface area (Å²) in [6, 6.07) is 19.8. The van der Waals surface area contributed by atoms with Gasteiger partial charge in [-0.1, -0.05) is 60.7 Å². The van der Waals surface area contributed by atoms with E-state index in [2.05, 4.69) is 4.98 Å². The highest BCUT2D eigenvalue weighted by Gasteiger charge is 2.27. The van der Waals surface area contributed by atoms with Crippen LogP contribution in [0.4, 0.5) is 5.95 Å². The standard InChI is InChI=1S/C22H20N6O2/c1-25-19-18(20(29)26(2)22(25)30)27-14-17(16-11-7-4-8-12-16)24-28(21(27)23-19)13-15-9-5-3-6-10-15/h3-12H,13-14H2,1-2H3. The molecule has 0 bridgehead atoms. The van der Waals surface area contributed by atoms with E-state index < -0.39 is 5.69 Å². The molecule has 0 unspecified atom stereocenters. The summed E-state index contributed by atoms with van der Waals surface area (Å²) in [5.41, 5.74) is 2.87. The fourth-order valence-electron chi connectivity index (χ4n) is 3.80. The molecule has 4 aromatic rings. The van der Waals surface area contributed by atoms with Gasteiger partial charge in [-0.25, -0.2) is 9.80 Å². The van der Waals surface area contributed by atoms with E-state index in [0.717, 1.165) is 21.4 Å². The number of aryl methyl sites for hydroxylation is 1. The second-order valence-corrected chi connectivity index (χ2v) is 7.33. The largest absolute Gasteiger partial charge is 0.332 e. The van der Waals surface area contributed by atoms with Crippen molar-refractivity contribution in [3.63, 3.8) is 0 Å². The van der Waals surface area contributed by atoms with Gasteiger partial charge in [0.05, 0.1) is 18.8 Å². The third-order valence-corrected chi connectivity index (χ3v) is 5.39. The topological polar surface area (TPSA) is 77.4 Å². The molecule has 0 fully saturated rings. The Balaban J connectivity index is 1.75. The lowest BCUT2D eigenvalue weighted by molar-refractivity contribution is 0.699. The van der Waals surface area contributed by atoms with Crippen LogP contribution in [0.25, 0.3) is 11.2 Å². The number of hydrogen-bond donors (Lipinski definition) is 0. The van der Waals surface area contributed by atoms with Gasteiger partial charge in [-0.15, -0.1) is 0 Å². The van der Waals surface area contributed by atoms with Gasteiger partial charge in [0.15, 0.2) is 11.2 Å². The van der Waals surface area contributed by atoms with Crippen LogP contribution in [0.3, 0.4) is 0 Å². The Morgan fingerprint density at radius 3 is 2.27 bits per heavy atom. The monoisotopic (exact) mass is 400 g/mol. The minimum atomic E-state index is -0.401. The van der Waals surface area contributed by atoms with E-state index in [1.54, 1.807) is 12.1 Å². The summed E-state index contributed by atoms with van der Waals surface area (Å²) in [5.74, 6) is 0.548. The predicted octanol–water partition coefficient (Wildman–Crippen LogP) is 1.86. The Bertz CT molecular complexity index is 1400. The van der Waals surface area contributed by atoms with Crippen LogP contribution in [-0.2, 0) is 27.2 Å². The normalized spacial score (nSPS) is 13.4. The van der Waals surface area contributed by atoms with Crippen molar-refractivity contribution in [2.24, 2.45) is 19.2 Å². The van der Waals surface area contributed by atoms with Gasteiger partial charge in [0, 0.05) is 14.1 Å². The SMILES string of the molecule is Cn1c(=O)c2c(nc3n2CC(c2ccccc2)=NN3Cc2ccccc2)n(C)c1=O. The van der Waals surface area contributed by atoms with Crippen LogP contribution in [-0.4, -0.2) is 24.4 Å². The lowest BCUT2D eigenvalue weighted by Gasteiger charge is -2.26. The number of fused-ring (bicyclic) bond motifs is 3. The highest BCUT2D eigenvalue weighted by molar-refractivity contribution is 6.02. The van der Waals surface area contributed by atoms with Crippen LogP contribution < -0.4 is 16.3 Å². The minimum absolute atomic E-state index is 0.360. The van der Waals surface area contributed by atoms with Gasteiger partial charge in [-0.3, -0.25) is 18.5 Å². The molecular weight excluding hydrogens is 380 g/mol. The van der Waals surface area contributed by atoms with Crippen molar-refractivity contribution in [1.29, 1.82) is 0 Å². The average Bonchev–Trinajstić information content (AvgIpc) is 3.17. The fourth-order valence-corrected chi connectivity index (χ4v) is 3.80. The van der Waals surface area contributed by atoms with Crippen molar-refractivity contribution in [3.8, 4) is 0 Å². The molecule has 1 aliphatic heterocycles. The van der Waals surface area contributed by atoms with E-state index in [1.807, 2.05) is 65.2 Å². The molecule has 2 aromatic heterocycles. The molecule has 0 N–H and O–H groups in total. The number of nitrogens with zero attached hydrogens (tertiary/aromatic N) is 6. The van der Waals surface area contributed by atoms with E-state index in [-0.39, 0.29) is 5.56 Å². The molecule has 8 nitrogen and oxygen atoms in total. The van der Waals surface area contributed by atoms with Gasteiger partial charge in [0.2, 0.25) is 5.95 Å². The van der Waals surface area contributed by atoms with Gasteiger partial charge >= 0.3 is 5.69 Å². The number of aromatic nitrogens is 4. The van der Waals surface area contributed by atoms with Crippen molar-refractivity contribution in [3.05, 3.63) is 92.6 Å². The second kappa shape index (κ2) is 6.84. The molecule has 0 saturated carbocycles. The molecule has 0 aliphatic carbocycles. The highest BCUT2D eigenvalue weighted by Crippen LogP contribution is 2.26. The first-order valence-corrected chi connectivity index (χ1v) is 9.65. The summed E-state index contributed by atoms with van der Waals surface area (Å²) in [7, 11) is 3.12. The summed E-state index contributed by atoms with van der Waals surface area (Å²) in [6.07, 6.45) is 0. The maximum absolute atomic E-state index is 13.0. The Kier molecular flexibility index (Phi) is 4.13. The zero-order valence-corrected chi connectivity index (χ0v) is 16.7. The summed E-state index contributed by atoms with van der Waals surface area (Å²) < 4.78 is 4.38. The number of benzene rings is 2. The smallest absolute Gasteiger partial charge is 0.297 e. The fraction of sp³-hybridized carbons (Fsp3) is 0.182. The van der Waals surface area contributed by atoms with Crippen LogP contribution in [0.2, 0.25) is 0 Å². The minimum Gasteiger partial charge on any atom is -0.297 e. The zero-order valence-electron chi connectivity index (χ0n) is 16.7. The first-order chi connectivity index (χ1) is 14.5. The lowest BCUT2D eigenvalue weighted by atomic mass is 10.1. The van der Waals surface area contributed by atoms with Gasteiger partial charge in [0.1, 0.15) is 0 Å². The van der Waals surface area contributed by atoms with Crippen LogP contribution in [0, 0.1) is 0 Å². The van der Waals surface area contributed by atoms with Crippen LogP contribution >= 0.6 is 0 Å². The van der Waals surface area contributed by atoms with Crippen molar-refractivity contribution in [1.82, 2.24) is 18.7 Å². The Hall–Kier alpha value is -3.94. The van der Waals surface area contributed by atoms with E-state index in [4.69, 9.17) is 5.10 Å². The molecular formula is C22H20N6O2. The molecule has 1 aliphatic rings. The van der Waals surface area contributed by atoms with Crippen molar-refractivity contribution >= 4 is 22.8 Å². The molecule has 0 spiro atoms. The number of hydrazone groups is 1. The molecule has 0 amide bonds. The molecule has 0 saturated heterocycles. The number of imidazole rings is 1. The first kappa shape index (κ1) is 18.1. The Labute approximate surface area is 171 Å². The number of anilines is 1. The van der Waals surface area contributed by atoms with Gasteiger partial charge in [-0.05, 0) is 11.1 Å². The number of rotatable bonds is 3. The van der Waals surface area contributed by atoms with E-state index in [0.29, 0.717) is 30.2 Å². The van der Waals surface area contributed by atoms with Crippen LogP contribution in [0.1, 0.15) is 11.1 Å². The number of hydrogen-bond acceptors (Lipinski definition) is 5. The average molecular weight is 400 g/mol. The zero-order chi connectivity index (χ0) is 20.8. The van der Waals surface area contributed by atoms with Gasteiger partial charge in [0.25, 0.3) is 5.56 Å². The van der Waals surface area contributed by atoms with Gasteiger partial charge in [-0.2, -0.15) is 10.1 Å². The molecule has 5 rings (SSSR count). The molecule has 30 heavy (non-hydrogen) atoms. The van der Waals surface area contributed by atoms with E-state index >= 15 is 0 Å². The molecule has 3 heterocycles. The summed E-state index contributed by atoms with van der Waals surface area (Å²) in [6.45, 7) is 0.892. The molecule has 150 valence electrons. The van der Waals surface area contributed by atoms with Crippen LogP contribution in [0.5, 0.6) is 0 Å². The summed E-state index contributed by atoms with van der Waals surface area (Å²) >= 11 is 0. The molecule has 2 aromatic carbocycles. The lowest BCUT2D eigenvalue weighted by Crippen LogP contribution is -2.38. The Morgan fingerprint density at radius 2 is 1.57 bits per heavy atom. The molecule has 0 atom stereocenters. The highest BCUT2D eigenvalue weighted by atomic mass is 16.2. The summed E-state index contributed by atoms with van der Waals surface area (Å²) in [5, 5.41) is 6.66. The predicted molar refractivity (Wildman–Crippen MR) is 116 cm³/mol. The molecule has 0 radical (unpaired) electrons. The maximum atomic E-state index is 13.0. The molecule has 8 heteroatoms. The third kappa shape index (κ3) is 2.76.